The molecule has 1 aromatic heterocycles. The van der Waals surface area contributed by atoms with Crippen molar-refractivity contribution in [2.75, 3.05) is 17.5 Å². The van der Waals surface area contributed by atoms with Gasteiger partial charge in [0.25, 0.3) is 10.0 Å². The van der Waals surface area contributed by atoms with E-state index in [2.05, 4.69) is 4.98 Å². The molecule has 0 unspecified atom stereocenters. The lowest BCUT2D eigenvalue weighted by atomic mass is 10.3. The third kappa shape index (κ3) is 2.61. The standard InChI is InChI=1S/C14H15ClN2O3S/c15-9-11-8-12(10-16-11)21(18,19)17-6-3-7-20-14-5-2-1-4-13(14)17/h1-2,4-5,8,10,16H,3,6-7,9H2. The lowest BCUT2D eigenvalue weighted by molar-refractivity contribution is 0.322. The van der Waals surface area contributed by atoms with Crippen LogP contribution in [-0.4, -0.2) is 26.6 Å². The number of rotatable bonds is 3. The van der Waals surface area contributed by atoms with Crippen LogP contribution in [-0.2, 0) is 15.9 Å². The summed E-state index contributed by atoms with van der Waals surface area (Å²) in [7, 11) is -3.62. The van der Waals surface area contributed by atoms with Gasteiger partial charge in [0.05, 0.1) is 18.2 Å². The Hall–Kier alpha value is -1.66. The molecule has 21 heavy (non-hydrogen) atoms. The molecule has 1 aromatic carbocycles. The van der Waals surface area contributed by atoms with Crippen molar-refractivity contribution >= 4 is 27.3 Å². The summed E-state index contributed by atoms with van der Waals surface area (Å²) in [6, 6.07) is 8.74. The van der Waals surface area contributed by atoms with Gasteiger partial charge in [-0.15, -0.1) is 11.6 Å². The van der Waals surface area contributed by atoms with Crippen LogP contribution < -0.4 is 9.04 Å². The summed E-state index contributed by atoms with van der Waals surface area (Å²) in [4.78, 5) is 3.09. The third-order valence-corrected chi connectivity index (χ3v) is 5.42. The minimum atomic E-state index is -3.62. The molecule has 0 saturated heterocycles. The highest BCUT2D eigenvalue weighted by Crippen LogP contribution is 2.34. The number of para-hydroxylation sites is 2. The van der Waals surface area contributed by atoms with E-state index in [1.165, 1.54) is 10.5 Å². The normalized spacial score (nSPS) is 15.2. The molecule has 1 aliphatic rings. The molecular weight excluding hydrogens is 312 g/mol. The number of aromatic amines is 1. The van der Waals surface area contributed by atoms with Crippen LogP contribution in [0.4, 0.5) is 5.69 Å². The minimum Gasteiger partial charge on any atom is -0.491 e. The maximum absolute atomic E-state index is 12.8. The minimum absolute atomic E-state index is 0.217. The number of nitrogens with one attached hydrogen (secondary N) is 1. The fourth-order valence-corrected chi connectivity index (χ4v) is 4.00. The number of alkyl halides is 1. The fraction of sp³-hybridized carbons (Fsp3) is 0.286. The molecule has 0 saturated carbocycles. The first kappa shape index (κ1) is 14.3. The van der Waals surface area contributed by atoms with E-state index in [4.69, 9.17) is 16.3 Å². The molecular formula is C14H15ClN2O3S. The topological polar surface area (TPSA) is 62.4 Å². The number of hydrogen-bond donors (Lipinski definition) is 1. The first-order chi connectivity index (χ1) is 10.1. The van der Waals surface area contributed by atoms with E-state index >= 15 is 0 Å². The van der Waals surface area contributed by atoms with Gasteiger partial charge in [0.15, 0.2) is 0 Å². The van der Waals surface area contributed by atoms with Crippen LogP contribution in [0, 0.1) is 0 Å². The number of nitrogens with zero attached hydrogens (tertiary/aromatic N) is 1. The predicted molar refractivity (Wildman–Crippen MR) is 81.4 cm³/mol. The molecule has 2 heterocycles. The van der Waals surface area contributed by atoms with Crippen LogP contribution in [0.15, 0.2) is 41.4 Å². The van der Waals surface area contributed by atoms with Crippen molar-refractivity contribution in [3.63, 3.8) is 0 Å². The molecule has 0 amide bonds. The maximum Gasteiger partial charge on any atom is 0.265 e. The Morgan fingerprint density at radius 3 is 2.90 bits per heavy atom. The SMILES string of the molecule is O=S(=O)(c1c[nH]c(CCl)c1)N1CCCOc2ccccc21. The molecule has 0 spiro atoms. The maximum atomic E-state index is 12.8. The van der Waals surface area contributed by atoms with Crippen molar-refractivity contribution in [2.45, 2.75) is 17.2 Å². The van der Waals surface area contributed by atoms with E-state index in [1.54, 1.807) is 24.3 Å². The van der Waals surface area contributed by atoms with Gasteiger partial charge >= 0.3 is 0 Å². The number of sulfonamides is 1. The Morgan fingerprint density at radius 1 is 1.33 bits per heavy atom. The summed E-state index contributed by atoms with van der Waals surface area (Å²) < 4.78 is 32.7. The van der Waals surface area contributed by atoms with Gasteiger partial charge in [-0.3, -0.25) is 4.31 Å². The lowest BCUT2D eigenvalue weighted by Gasteiger charge is -2.22. The van der Waals surface area contributed by atoms with Crippen molar-refractivity contribution in [3.05, 3.63) is 42.2 Å². The smallest absolute Gasteiger partial charge is 0.265 e. The van der Waals surface area contributed by atoms with Crippen molar-refractivity contribution in [1.82, 2.24) is 4.98 Å². The molecule has 7 heteroatoms. The van der Waals surface area contributed by atoms with Crippen LogP contribution in [0.5, 0.6) is 5.75 Å². The van der Waals surface area contributed by atoms with Crippen LogP contribution in [0.25, 0.3) is 0 Å². The van der Waals surface area contributed by atoms with Gasteiger partial charge in [-0.2, -0.15) is 0 Å². The predicted octanol–water partition coefficient (Wildman–Crippen LogP) is 2.73. The molecule has 1 aliphatic heterocycles. The Bertz CT molecular complexity index is 742. The molecule has 0 radical (unpaired) electrons. The number of hydrogen-bond acceptors (Lipinski definition) is 3. The Kier molecular flexibility index (Phi) is 3.82. The number of anilines is 1. The summed E-state index contributed by atoms with van der Waals surface area (Å²) >= 11 is 5.72. The Balaban J connectivity index is 2.06. The zero-order valence-electron chi connectivity index (χ0n) is 11.3. The average Bonchev–Trinajstić information content (AvgIpc) is 2.87. The van der Waals surface area contributed by atoms with Crippen molar-refractivity contribution in [3.8, 4) is 5.75 Å². The molecule has 0 fully saturated rings. The largest absolute Gasteiger partial charge is 0.491 e. The fourth-order valence-electron chi connectivity index (χ4n) is 2.32. The number of fused-ring (bicyclic) bond motifs is 1. The summed E-state index contributed by atoms with van der Waals surface area (Å²) in [5.74, 6) is 0.835. The van der Waals surface area contributed by atoms with Gasteiger partial charge < -0.3 is 9.72 Å². The summed E-state index contributed by atoms with van der Waals surface area (Å²) in [6.45, 7) is 0.893. The van der Waals surface area contributed by atoms with E-state index in [0.717, 1.165) is 0 Å². The number of H-pyrrole nitrogens is 1. The summed E-state index contributed by atoms with van der Waals surface area (Å²) in [5, 5.41) is 0. The molecule has 112 valence electrons. The molecule has 0 bridgehead atoms. The lowest BCUT2D eigenvalue weighted by Crippen LogP contribution is -2.31. The average molecular weight is 327 g/mol. The number of benzene rings is 1. The van der Waals surface area contributed by atoms with Crippen LogP contribution in [0.3, 0.4) is 0 Å². The van der Waals surface area contributed by atoms with E-state index in [-0.39, 0.29) is 10.8 Å². The molecule has 0 aliphatic carbocycles. The third-order valence-electron chi connectivity index (χ3n) is 3.35. The van der Waals surface area contributed by atoms with Gasteiger partial charge in [0.1, 0.15) is 10.6 Å². The number of aromatic nitrogens is 1. The summed E-state index contributed by atoms with van der Waals surface area (Å²) in [5.41, 5.74) is 1.25. The number of halogens is 1. The molecule has 3 rings (SSSR count). The number of ether oxygens (including phenoxy) is 1. The summed E-state index contributed by atoms with van der Waals surface area (Å²) in [6.07, 6.45) is 2.11. The Morgan fingerprint density at radius 2 is 2.14 bits per heavy atom. The van der Waals surface area contributed by atoms with Crippen LogP contribution in [0.2, 0.25) is 0 Å². The van der Waals surface area contributed by atoms with Gasteiger partial charge in [-0.05, 0) is 18.2 Å². The van der Waals surface area contributed by atoms with Gasteiger partial charge in [-0.1, -0.05) is 12.1 Å². The first-order valence-electron chi connectivity index (χ1n) is 6.61. The van der Waals surface area contributed by atoms with E-state index < -0.39 is 10.0 Å². The Labute approximate surface area is 128 Å². The highest BCUT2D eigenvalue weighted by Gasteiger charge is 2.29. The first-order valence-corrected chi connectivity index (χ1v) is 8.58. The van der Waals surface area contributed by atoms with E-state index in [1.807, 2.05) is 6.07 Å². The zero-order valence-corrected chi connectivity index (χ0v) is 12.8. The molecule has 0 atom stereocenters. The zero-order chi connectivity index (χ0) is 14.9. The second kappa shape index (κ2) is 5.61. The second-order valence-electron chi connectivity index (χ2n) is 4.74. The highest BCUT2D eigenvalue weighted by molar-refractivity contribution is 7.92. The van der Waals surface area contributed by atoms with E-state index in [9.17, 15) is 8.42 Å². The van der Waals surface area contributed by atoms with Crippen molar-refractivity contribution in [2.24, 2.45) is 0 Å². The second-order valence-corrected chi connectivity index (χ2v) is 6.87. The van der Waals surface area contributed by atoms with Crippen LogP contribution in [0.1, 0.15) is 12.1 Å². The molecule has 2 aromatic rings. The quantitative estimate of drug-likeness (QED) is 0.882. The molecule has 5 nitrogen and oxygen atoms in total. The highest BCUT2D eigenvalue weighted by atomic mass is 35.5. The monoisotopic (exact) mass is 326 g/mol. The van der Waals surface area contributed by atoms with Crippen molar-refractivity contribution in [1.29, 1.82) is 0 Å². The van der Waals surface area contributed by atoms with Gasteiger partial charge in [0, 0.05) is 24.9 Å². The van der Waals surface area contributed by atoms with Crippen molar-refractivity contribution < 1.29 is 13.2 Å². The van der Waals surface area contributed by atoms with E-state index in [0.29, 0.717) is 36.7 Å². The van der Waals surface area contributed by atoms with Crippen LogP contribution >= 0.6 is 11.6 Å². The van der Waals surface area contributed by atoms with Gasteiger partial charge in [0.2, 0.25) is 0 Å². The molecule has 1 N–H and O–H groups in total. The van der Waals surface area contributed by atoms with Gasteiger partial charge in [-0.25, -0.2) is 8.42 Å².